The SMILES string of the molecule is CCCNC(=O)C(C)NC1CC(c2ccccc2Br)C1. The van der Waals surface area contributed by atoms with Crippen LogP contribution in [0.5, 0.6) is 0 Å². The van der Waals surface area contributed by atoms with E-state index in [0.717, 1.165) is 25.8 Å². The molecule has 110 valence electrons. The summed E-state index contributed by atoms with van der Waals surface area (Å²) in [6.45, 7) is 4.76. The highest BCUT2D eigenvalue weighted by molar-refractivity contribution is 9.10. The van der Waals surface area contributed by atoms with Crippen LogP contribution in [0, 0.1) is 0 Å². The number of carbonyl (C=O) groups is 1. The fourth-order valence-electron chi connectivity index (χ4n) is 2.64. The van der Waals surface area contributed by atoms with Crippen LogP contribution < -0.4 is 10.6 Å². The fraction of sp³-hybridized carbons (Fsp3) is 0.562. The maximum Gasteiger partial charge on any atom is 0.236 e. The molecule has 1 aliphatic rings. The number of hydrogen-bond donors (Lipinski definition) is 2. The largest absolute Gasteiger partial charge is 0.355 e. The molecule has 1 aromatic carbocycles. The van der Waals surface area contributed by atoms with Gasteiger partial charge in [-0.15, -0.1) is 0 Å². The van der Waals surface area contributed by atoms with Gasteiger partial charge in [0.1, 0.15) is 0 Å². The van der Waals surface area contributed by atoms with Crippen molar-refractivity contribution in [2.45, 2.75) is 51.1 Å². The predicted octanol–water partition coefficient (Wildman–Crippen LogP) is 3.20. The molecule has 2 rings (SSSR count). The van der Waals surface area contributed by atoms with Crippen molar-refractivity contribution in [2.75, 3.05) is 6.54 Å². The molecule has 1 fully saturated rings. The maximum absolute atomic E-state index is 11.8. The summed E-state index contributed by atoms with van der Waals surface area (Å²) in [7, 11) is 0. The first-order valence-corrected chi connectivity index (χ1v) is 8.19. The summed E-state index contributed by atoms with van der Waals surface area (Å²) < 4.78 is 1.19. The molecule has 0 radical (unpaired) electrons. The molecular formula is C16H23BrN2O. The van der Waals surface area contributed by atoms with Gasteiger partial charge in [-0.05, 0) is 43.7 Å². The Morgan fingerprint density at radius 3 is 2.75 bits per heavy atom. The fourth-order valence-corrected chi connectivity index (χ4v) is 3.25. The summed E-state index contributed by atoms with van der Waals surface area (Å²) in [5, 5.41) is 6.35. The predicted molar refractivity (Wildman–Crippen MR) is 85.8 cm³/mol. The number of rotatable bonds is 6. The number of benzene rings is 1. The van der Waals surface area contributed by atoms with E-state index in [-0.39, 0.29) is 11.9 Å². The van der Waals surface area contributed by atoms with E-state index >= 15 is 0 Å². The molecule has 1 aromatic rings. The van der Waals surface area contributed by atoms with Crippen LogP contribution >= 0.6 is 15.9 Å². The average Bonchev–Trinajstić information content (AvgIpc) is 2.40. The van der Waals surface area contributed by atoms with Gasteiger partial charge in [0.25, 0.3) is 0 Å². The Labute approximate surface area is 129 Å². The molecule has 3 nitrogen and oxygen atoms in total. The summed E-state index contributed by atoms with van der Waals surface area (Å²) in [6.07, 6.45) is 3.19. The van der Waals surface area contributed by atoms with Crippen LogP contribution in [0.25, 0.3) is 0 Å². The van der Waals surface area contributed by atoms with Crippen molar-refractivity contribution in [3.05, 3.63) is 34.3 Å². The molecule has 0 saturated heterocycles. The highest BCUT2D eigenvalue weighted by Crippen LogP contribution is 2.40. The van der Waals surface area contributed by atoms with Crippen LogP contribution in [0.1, 0.15) is 44.6 Å². The van der Waals surface area contributed by atoms with Crippen molar-refractivity contribution in [1.82, 2.24) is 10.6 Å². The Balaban J connectivity index is 1.77. The van der Waals surface area contributed by atoms with Gasteiger partial charge in [0.2, 0.25) is 5.91 Å². The van der Waals surface area contributed by atoms with Crippen molar-refractivity contribution in [3.8, 4) is 0 Å². The first-order chi connectivity index (χ1) is 9.61. The molecule has 1 aliphatic carbocycles. The Bertz CT molecular complexity index is 458. The standard InChI is InChI=1S/C16H23BrN2O/c1-3-8-18-16(20)11(2)19-13-9-12(10-13)14-6-4-5-7-15(14)17/h4-7,11-13,19H,3,8-10H2,1-2H3,(H,18,20). The molecule has 4 heteroatoms. The van der Waals surface area contributed by atoms with Crippen LogP contribution in [-0.2, 0) is 4.79 Å². The minimum absolute atomic E-state index is 0.105. The van der Waals surface area contributed by atoms with Gasteiger partial charge in [-0.25, -0.2) is 0 Å². The zero-order valence-corrected chi connectivity index (χ0v) is 13.7. The molecular weight excluding hydrogens is 316 g/mol. The lowest BCUT2D eigenvalue weighted by Crippen LogP contribution is -2.50. The minimum Gasteiger partial charge on any atom is -0.355 e. The van der Waals surface area contributed by atoms with E-state index < -0.39 is 0 Å². The topological polar surface area (TPSA) is 41.1 Å². The van der Waals surface area contributed by atoms with Gasteiger partial charge in [-0.2, -0.15) is 0 Å². The lowest BCUT2D eigenvalue weighted by molar-refractivity contribution is -0.123. The average molecular weight is 339 g/mol. The second-order valence-corrected chi connectivity index (χ2v) is 6.42. The molecule has 1 atom stereocenters. The van der Waals surface area contributed by atoms with Gasteiger partial charge in [0.05, 0.1) is 6.04 Å². The Morgan fingerprint density at radius 1 is 1.40 bits per heavy atom. The smallest absolute Gasteiger partial charge is 0.236 e. The van der Waals surface area contributed by atoms with E-state index in [1.54, 1.807) is 0 Å². The molecule has 1 unspecified atom stereocenters. The molecule has 0 bridgehead atoms. The molecule has 2 N–H and O–H groups in total. The molecule has 0 aliphatic heterocycles. The van der Waals surface area contributed by atoms with Crippen LogP contribution in [0.4, 0.5) is 0 Å². The molecule has 0 heterocycles. The van der Waals surface area contributed by atoms with Crippen molar-refractivity contribution in [1.29, 1.82) is 0 Å². The first kappa shape index (κ1) is 15.5. The normalized spacial score (nSPS) is 22.9. The van der Waals surface area contributed by atoms with E-state index in [1.165, 1.54) is 10.0 Å². The number of halogens is 1. The number of hydrogen-bond acceptors (Lipinski definition) is 2. The van der Waals surface area contributed by atoms with Crippen LogP contribution in [-0.4, -0.2) is 24.5 Å². The van der Waals surface area contributed by atoms with Gasteiger partial charge < -0.3 is 10.6 Å². The van der Waals surface area contributed by atoms with Gasteiger partial charge >= 0.3 is 0 Å². The summed E-state index contributed by atoms with van der Waals surface area (Å²) in [4.78, 5) is 11.8. The van der Waals surface area contributed by atoms with E-state index in [9.17, 15) is 4.79 Å². The zero-order valence-electron chi connectivity index (χ0n) is 12.2. The molecule has 1 saturated carbocycles. The van der Waals surface area contributed by atoms with Crippen molar-refractivity contribution >= 4 is 21.8 Å². The summed E-state index contributed by atoms with van der Waals surface area (Å²) in [5.41, 5.74) is 1.38. The monoisotopic (exact) mass is 338 g/mol. The summed E-state index contributed by atoms with van der Waals surface area (Å²) in [6, 6.07) is 8.75. The first-order valence-electron chi connectivity index (χ1n) is 7.40. The molecule has 20 heavy (non-hydrogen) atoms. The van der Waals surface area contributed by atoms with E-state index in [4.69, 9.17) is 0 Å². The lowest BCUT2D eigenvalue weighted by atomic mass is 9.75. The highest BCUT2D eigenvalue weighted by atomic mass is 79.9. The summed E-state index contributed by atoms with van der Waals surface area (Å²) in [5.74, 6) is 0.713. The lowest BCUT2D eigenvalue weighted by Gasteiger charge is -2.38. The molecule has 1 amide bonds. The van der Waals surface area contributed by atoms with E-state index in [1.807, 2.05) is 13.0 Å². The van der Waals surface area contributed by atoms with E-state index in [0.29, 0.717) is 12.0 Å². The van der Waals surface area contributed by atoms with Crippen LogP contribution in [0.15, 0.2) is 28.7 Å². The van der Waals surface area contributed by atoms with E-state index in [2.05, 4.69) is 51.7 Å². The Hall–Kier alpha value is -0.870. The maximum atomic E-state index is 11.8. The molecule has 0 aromatic heterocycles. The second kappa shape index (κ2) is 7.23. The minimum atomic E-state index is -0.105. The van der Waals surface area contributed by atoms with Crippen LogP contribution in [0.3, 0.4) is 0 Å². The third kappa shape index (κ3) is 3.83. The van der Waals surface area contributed by atoms with Crippen molar-refractivity contribution in [2.24, 2.45) is 0 Å². The number of nitrogens with one attached hydrogen (secondary N) is 2. The third-order valence-corrected chi connectivity index (χ3v) is 4.63. The van der Waals surface area contributed by atoms with Crippen LogP contribution in [0.2, 0.25) is 0 Å². The van der Waals surface area contributed by atoms with Gasteiger partial charge in [-0.1, -0.05) is 41.1 Å². The second-order valence-electron chi connectivity index (χ2n) is 5.57. The Kier molecular flexibility index (Phi) is 5.61. The zero-order chi connectivity index (χ0) is 14.5. The van der Waals surface area contributed by atoms with Gasteiger partial charge in [-0.3, -0.25) is 4.79 Å². The van der Waals surface area contributed by atoms with Crippen molar-refractivity contribution < 1.29 is 4.79 Å². The quantitative estimate of drug-likeness (QED) is 0.836. The number of amides is 1. The molecule has 0 spiro atoms. The highest BCUT2D eigenvalue weighted by Gasteiger charge is 2.32. The van der Waals surface area contributed by atoms with Crippen molar-refractivity contribution in [3.63, 3.8) is 0 Å². The van der Waals surface area contributed by atoms with Gasteiger partial charge in [0, 0.05) is 17.1 Å². The third-order valence-electron chi connectivity index (χ3n) is 3.91. The number of carbonyl (C=O) groups excluding carboxylic acids is 1. The Morgan fingerprint density at radius 2 is 2.10 bits per heavy atom. The van der Waals surface area contributed by atoms with Gasteiger partial charge in [0.15, 0.2) is 0 Å². The summed E-state index contributed by atoms with van der Waals surface area (Å²) >= 11 is 3.61.